The average molecular weight is 210 g/mol. The number of carboxylic acid groups (broad SMARTS) is 1. The molecule has 0 aromatic heterocycles. The molecule has 0 aliphatic carbocycles. The highest BCUT2D eigenvalue weighted by molar-refractivity contribution is 7.59. The van der Waals surface area contributed by atoms with Crippen LogP contribution in [0.3, 0.4) is 0 Å². The Kier molecular flexibility index (Phi) is 4.69. The second kappa shape index (κ2) is 5.01. The molecule has 0 bridgehead atoms. The number of ether oxygens (including phenoxy) is 1. The van der Waals surface area contributed by atoms with Gasteiger partial charge in [0.15, 0.2) is 5.31 Å². The van der Waals surface area contributed by atoms with Crippen LogP contribution in [0.1, 0.15) is 0 Å². The van der Waals surface area contributed by atoms with E-state index >= 15 is 0 Å². The molecule has 0 fully saturated rings. The molecule has 76 valence electrons. The number of hydrogen-bond acceptors (Lipinski definition) is 5. The first-order valence-corrected chi connectivity index (χ1v) is 4.74. The van der Waals surface area contributed by atoms with Crippen molar-refractivity contribution in [1.82, 2.24) is 0 Å². The summed E-state index contributed by atoms with van der Waals surface area (Å²) in [5.74, 6) is -1.41. The van der Waals surface area contributed by atoms with Gasteiger partial charge >= 0.3 is 13.6 Å². The van der Waals surface area contributed by atoms with Crippen LogP contribution in [0.2, 0.25) is 0 Å². The van der Waals surface area contributed by atoms with Gasteiger partial charge in [-0.3, -0.25) is 4.57 Å². The lowest BCUT2D eigenvalue weighted by atomic mass is 10.6. The molecule has 0 spiro atoms. The van der Waals surface area contributed by atoms with Gasteiger partial charge in [0, 0.05) is 14.2 Å². The van der Waals surface area contributed by atoms with E-state index in [4.69, 9.17) is 5.11 Å². The smallest absolute Gasteiger partial charge is 0.371 e. The van der Waals surface area contributed by atoms with Crippen molar-refractivity contribution in [2.24, 2.45) is 0 Å². The minimum atomic E-state index is -3.73. The number of carbonyl (C=O) groups is 1. The van der Waals surface area contributed by atoms with Crippen molar-refractivity contribution >= 4 is 13.6 Å². The molecule has 1 N–H and O–H groups in total. The lowest BCUT2D eigenvalue weighted by Crippen LogP contribution is -2.04. The molecular weight excluding hydrogens is 199 g/mol. The zero-order chi connectivity index (χ0) is 10.5. The summed E-state index contributed by atoms with van der Waals surface area (Å²) in [7, 11) is -0.305. The van der Waals surface area contributed by atoms with E-state index in [-0.39, 0.29) is 0 Å². The van der Waals surface area contributed by atoms with E-state index in [1.165, 1.54) is 7.11 Å². The standard InChI is InChI=1S/C6H11O6P/c1-10-4-5(6(7)8)13(9,11-2)12-3/h4H,1-3H3,(H,7,8)/b5-4-. The predicted octanol–water partition coefficient (Wildman–Crippen LogP) is 1.04. The van der Waals surface area contributed by atoms with Crippen molar-refractivity contribution in [2.45, 2.75) is 0 Å². The number of methoxy groups -OCH3 is 1. The number of aliphatic carboxylic acids is 1. The molecule has 0 aliphatic rings. The molecule has 0 aliphatic heterocycles. The summed E-state index contributed by atoms with van der Waals surface area (Å²) < 4.78 is 24.9. The maximum absolute atomic E-state index is 11.5. The van der Waals surface area contributed by atoms with Gasteiger partial charge in [0.1, 0.15) is 6.26 Å². The molecule has 0 unspecified atom stereocenters. The van der Waals surface area contributed by atoms with Gasteiger partial charge < -0.3 is 18.9 Å². The van der Waals surface area contributed by atoms with Crippen LogP contribution in [0.5, 0.6) is 0 Å². The SMILES string of the molecule is CO/C=C(/C(=O)O)P(=O)(OC)OC. The highest BCUT2D eigenvalue weighted by Crippen LogP contribution is 2.54. The third-order valence-electron chi connectivity index (χ3n) is 1.22. The lowest BCUT2D eigenvalue weighted by molar-refractivity contribution is -0.132. The van der Waals surface area contributed by atoms with Crippen LogP contribution in [-0.2, 0) is 23.1 Å². The molecule has 0 saturated carbocycles. The zero-order valence-corrected chi connectivity index (χ0v) is 8.41. The Bertz CT molecular complexity index is 250. The van der Waals surface area contributed by atoms with Crippen molar-refractivity contribution < 1.29 is 28.3 Å². The summed E-state index contributed by atoms with van der Waals surface area (Å²) in [5, 5.41) is 8.08. The van der Waals surface area contributed by atoms with Crippen LogP contribution in [0.4, 0.5) is 0 Å². The minimum Gasteiger partial charge on any atom is -0.503 e. The van der Waals surface area contributed by atoms with Crippen LogP contribution in [0, 0.1) is 0 Å². The molecule has 0 radical (unpaired) electrons. The van der Waals surface area contributed by atoms with E-state index < -0.39 is 18.9 Å². The number of carboxylic acids is 1. The molecule has 0 aromatic rings. The molecule has 13 heavy (non-hydrogen) atoms. The van der Waals surface area contributed by atoms with Gasteiger partial charge in [-0.25, -0.2) is 4.79 Å². The van der Waals surface area contributed by atoms with E-state index in [1.54, 1.807) is 0 Å². The fraction of sp³-hybridized carbons (Fsp3) is 0.500. The summed E-state index contributed by atoms with van der Waals surface area (Å²) in [5.41, 5.74) is 0. The summed E-state index contributed by atoms with van der Waals surface area (Å²) in [6.07, 6.45) is 0.816. The van der Waals surface area contributed by atoms with E-state index in [9.17, 15) is 9.36 Å². The fourth-order valence-electron chi connectivity index (χ4n) is 0.615. The molecule has 6 nitrogen and oxygen atoms in total. The molecule has 0 heterocycles. The molecule has 0 rings (SSSR count). The average Bonchev–Trinajstić information content (AvgIpc) is 2.12. The van der Waals surface area contributed by atoms with Crippen molar-refractivity contribution in [3.8, 4) is 0 Å². The molecule has 0 saturated heterocycles. The predicted molar refractivity (Wildman–Crippen MR) is 44.4 cm³/mol. The Morgan fingerprint density at radius 1 is 1.31 bits per heavy atom. The van der Waals surface area contributed by atoms with Crippen molar-refractivity contribution in [3.05, 3.63) is 11.6 Å². The van der Waals surface area contributed by atoms with Crippen molar-refractivity contribution in [1.29, 1.82) is 0 Å². The van der Waals surface area contributed by atoms with Gasteiger partial charge in [0.2, 0.25) is 0 Å². The van der Waals surface area contributed by atoms with E-state index in [1.807, 2.05) is 0 Å². The number of rotatable bonds is 5. The highest BCUT2D eigenvalue weighted by atomic mass is 31.2. The van der Waals surface area contributed by atoms with Crippen LogP contribution < -0.4 is 0 Å². The Balaban J connectivity index is 5.05. The van der Waals surface area contributed by atoms with Gasteiger partial charge in [-0.05, 0) is 0 Å². The maximum atomic E-state index is 11.5. The first kappa shape index (κ1) is 12.2. The molecular formula is C6H11O6P. The third kappa shape index (κ3) is 2.84. The molecule has 0 atom stereocenters. The topological polar surface area (TPSA) is 82.1 Å². The Morgan fingerprint density at radius 3 is 2.00 bits per heavy atom. The maximum Gasteiger partial charge on any atom is 0.371 e. The van der Waals surface area contributed by atoms with E-state index in [2.05, 4.69) is 13.8 Å². The second-order valence-corrected chi connectivity index (χ2v) is 4.11. The quantitative estimate of drug-likeness (QED) is 0.414. The first-order chi connectivity index (χ1) is 6.01. The van der Waals surface area contributed by atoms with Crippen molar-refractivity contribution in [2.75, 3.05) is 21.3 Å². The summed E-state index contributed by atoms with van der Waals surface area (Å²) in [6, 6.07) is 0. The largest absolute Gasteiger partial charge is 0.503 e. The Hall–Kier alpha value is -0.840. The normalized spacial score (nSPS) is 12.7. The second-order valence-electron chi connectivity index (χ2n) is 1.91. The number of hydrogen-bond donors (Lipinski definition) is 1. The first-order valence-electron chi connectivity index (χ1n) is 3.20. The van der Waals surface area contributed by atoms with Crippen LogP contribution in [0.15, 0.2) is 11.6 Å². The highest BCUT2D eigenvalue weighted by Gasteiger charge is 2.33. The van der Waals surface area contributed by atoms with E-state index in [0.29, 0.717) is 0 Å². The van der Waals surface area contributed by atoms with Crippen LogP contribution in [-0.4, -0.2) is 32.4 Å². The Morgan fingerprint density at radius 2 is 1.77 bits per heavy atom. The third-order valence-corrected chi connectivity index (χ3v) is 3.07. The summed E-state index contributed by atoms with van der Waals surface area (Å²) >= 11 is 0. The van der Waals surface area contributed by atoms with Crippen LogP contribution >= 0.6 is 7.60 Å². The summed E-state index contributed by atoms with van der Waals surface area (Å²) in [4.78, 5) is 10.6. The van der Waals surface area contributed by atoms with Crippen LogP contribution in [0.25, 0.3) is 0 Å². The molecule has 7 heteroatoms. The van der Waals surface area contributed by atoms with Gasteiger partial charge in [-0.2, -0.15) is 0 Å². The van der Waals surface area contributed by atoms with Gasteiger partial charge in [-0.15, -0.1) is 0 Å². The lowest BCUT2D eigenvalue weighted by Gasteiger charge is -2.12. The van der Waals surface area contributed by atoms with Gasteiger partial charge in [-0.1, -0.05) is 0 Å². The van der Waals surface area contributed by atoms with Gasteiger partial charge in [0.05, 0.1) is 7.11 Å². The Labute approximate surface area is 75.6 Å². The van der Waals surface area contributed by atoms with Gasteiger partial charge in [0.25, 0.3) is 0 Å². The minimum absolute atomic E-state index is 0.542. The van der Waals surface area contributed by atoms with Crippen molar-refractivity contribution in [3.63, 3.8) is 0 Å². The summed E-state index contributed by atoms with van der Waals surface area (Å²) in [6.45, 7) is 0. The monoisotopic (exact) mass is 210 g/mol. The molecule has 0 amide bonds. The zero-order valence-electron chi connectivity index (χ0n) is 7.51. The fourth-order valence-corrected chi connectivity index (χ4v) is 1.63. The molecule has 0 aromatic carbocycles. The van der Waals surface area contributed by atoms with E-state index in [0.717, 1.165) is 20.5 Å².